The highest BCUT2D eigenvalue weighted by Crippen LogP contribution is 2.43. The maximum Gasteiger partial charge on any atom is 0.218 e. The van der Waals surface area contributed by atoms with E-state index in [9.17, 15) is 59.9 Å². The van der Waals surface area contributed by atoms with Crippen LogP contribution in [0.3, 0.4) is 0 Å². The highest BCUT2D eigenvalue weighted by Gasteiger charge is 2.61. The summed E-state index contributed by atoms with van der Waals surface area (Å²) in [4.78, 5) is 0. The zero-order valence-corrected chi connectivity index (χ0v) is 63.5. The zero-order valence-electron chi connectivity index (χ0n) is 57.8. The molecular formula is C48H80NO51S7-7. The Morgan fingerprint density at radius 3 is 0.841 bits per heavy atom. The summed E-state index contributed by atoms with van der Waals surface area (Å²) in [6.45, 7) is -4.12. The van der Waals surface area contributed by atoms with E-state index in [0.717, 1.165) is 14.2 Å². The predicted molar refractivity (Wildman–Crippen MR) is 319 cm³/mol. The molecule has 6 saturated heterocycles. The molecule has 6 rings (SSSR count). The van der Waals surface area contributed by atoms with Crippen molar-refractivity contribution in [2.45, 2.75) is 184 Å². The molecule has 6 fully saturated rings. The fourth-order valence-electron chi connectivity index (χ4n) is 12.3. The largest absolute Gasteiger partial charge is 0.726 e. The molecule has 6 heterocycles. The molecule has 0 aromatic heterocycles. The van der Waals surface area contributed by atoms with E-state index in [1.807, 2.05) is 0 Å². The Labute approximate surface area is 628 Å². The Kier molecular flexibility index (Phi) is 42.4. The fourth-order valence-corrected chi connectivity index (χ4v) is 14.8. The van der Waals surface area contributed by atoms with Gasteiger partial charge >= 0.3 is 0 Å². The van der Waals surface area contributed by atoms with Crippen LogP contribution in [-0.4, -0.2) is 348 Å². The van der Waals surface area contributed by atoms with Crippen LogP contribution in [0.5, 0.6) is 0 Å². The lowest BCUT2D eigenvalue weighted by molar-refractivity contribution is -0.778. The number of rotatable bonds is 50. The van der Waals surface area contributed by atoms with E-state index in [4.69, 9.17) is 136 Å². The molecule has 632 valence electrons. The van der Waals surface area contributed by atoms with Gasteiger partial charge in [0.1, 0.15) is 134 Å². The van der Waals surface area contributed by atoms with Crippen LogP contribution in [0.4, 0.5) is 0 Å². The van der Waals surface area contributed by atoms with Crippen molar-refractivity contribution in [2.24, 2.45) is 5.73 Å². The molecule has 107 heavy (non-hydrogen) atoms. The van der Waals surface area contributed by atoms with E-state index in [2.05, 4.69) is 45.9 Å². The Morgan fingerprint density at radius 1 is 0.290 bits per heavy atom. The van der Waals surface area contributed by atoms with Crippen LogP contribution < -0.4 is 26.8 Å². The summed E-state index contributed by atoms with van der Waals surface area (Å²) in [6, 6.07) is 0. The molecule has 59 heteroatoms. The minimum absolute atomic E-state index is 0.0173. The van der Waals surface area contributed by atoms with E-state index in [0.29, 0.717) is 0 Å². The third-order valence-corrected chi connectivity index (χ3v) is 19.4. The summed E-state index contributed by atoms with van der Waals surface area (Å²) in [5.41, 5.74) is 6.38. The molecule has 6 aliphatic rings. The maximum absolute atomic E-state index is 12.9. The Hall–Kier alpha value is -0.590. The monoisotopic (exact) mass is 1710 g/mol. The lowest BCUT2D eigenvalue weighted by Gasteiger charge is -2.52. The Bertz CT molecular complexity index is 2820. The van der Waals surface area contributed by atoms with Crippen LogP contribution in [0, 0.1) is 0 Å². The van der Waals surface area contributed by atoms with E-state index < -0.39 is 260 Å². The number of methoxy groups -OCH3 is 12. The number of nitrogens with two attached hydrogens (primary N) is 1. The summed E-state index contributed by atoms with van der Waals surface area (Å²) < 4.78 is 304. The minimum Gasteiger partial charge on any atom is -0.726 e. The molecule has 0 aliphatic carbocycles. The molecule has 2 N–H and O–H groups in total. The van der Waals surface area contributed by atoms with E-state index in [1.165, 1.54) is 71.1 Å². The molecule has 0 amide bonds. The lowest BCUT2D eigenvalue weighted by atomic mass is 9.94. The van der Waals surface area contributed by atoms with Gasteiger partial charge in [-0.25, -0.2) is 25.3 Å². The van der Waals surface area contributed by atoms with Crippen LogP contribution in [0.1, 0.15) is 0 Å². The van der Waals surface area contributed by atoms with Gasteiger partial charge in [-0.1, -0.05) is 0 Å². The molecule has 0 aromatic rings. The summed E-state index contributed by atoms with van der Waals surface area (Å²) in [5.74, 6) is 0. The Balaban J connectivity index is 1.35. The number of hydrogen-bond donors (Lipinski definition) is 1. The van der Waals surface area contributed by atoms with Gasteiger partial charge in [0.05, 0.1) is 33.0 Å². The average Bonchev–Trinajstić information content (AvgIpc) is 0.762. The third-order valence-electron chi connectivity index (χ3n) is 16.4. The molecule has 0 aromatic carbocycles. The first-order chi connectivity index (χ1) is 51.2. The topological polar surface area (TPSA) is 641 Å². The number of hydrogen-bond acceptors (Lipinski definition) is 56. The van der Waals surface area contributed by atoms with Crippen molar-refractivity contribution in [1.82, 2.24) is 0 Å². The van der Waals surface area contributed by atoms with Crippen molar-refractivity contribution in [1.29, 1.82) is 0 Å². The molecule has 0 bridgehead atoms. The second-order valence-electron chi connectivity index (χ2n) is 22.1. The first-order valence-corrected chi connectivity index (χ1v) is 37.0. The van der Waals surface area contributed by atoms with Gasteiger partial charge in [-0.15, -0.1) is 17.3 Å². The summed E-state index contributed by atoms with van der Waals surface area (Å²) >= 11 is -1.66. The second kappa shape index (κ2) is 47.6. The van der Waals surface area contributed by atoms with Gasteiger partial charge in [0.15, 0.2) is 99.2 Å². The smallest absolute Gasteiger partial charge is 0.218 e. The molecule has 30 atom stereocenters. The summed E-state index contributed by atoms with van der Waals surface area (Å²) in [7, 11) is -1.57. The van der Waals surface area contributed by atoms with Gasteiger partial charge in [0, 0.05) is 91.9 Å². The molecular weight excluding hydrogens is 1630 g/mol. The highest BCUT2D eigenvalue weighted by atomic mass is 32.3. The first-order valence-electron chi connectivity index (χ1n) is 30.4. The molecule has 0 spiro atoms. The van der Waals surface area contributed by atoms with Gasteiger partial charge < -0.3 is 149 Å². The molecule has 6 aliphatic heterocycles. The fraction of sp³-hybridized carbons (Fsp3) is 1.00. The van der Waals surface area contributed by atoms with Crippen LogP contribution >= 0.6 is 49.3 Å². The van der Waals surface area contributed by atoms with Crippen molar-refractivity contribution in [3.63, 3.8) is 0 Å². The zero-order chi connectivity index (χ0) is 78.8. The van der Waals surface area contributed by atoms with E-state index in [-0.39, 0.29) is 44.5 Å². The average molecular weight is 1710 g/mol. The van der Waals surface area contributed by atoms with E-state index in [1.54, 1.807) is 0 Å². The molecule has 0 radical (unpaired) electrons. The lowest BCUT2D eigenvalue weighted by Crippen LogP contribution is -2.69. The summed E-state index contributed by atoms with van der Waals surface area (Å²) in [5, 5.41) is 57.0. The van der Waals surface area contributed by atoms with Crippen LogP contribution in [0.2, 0.25) is 0 Å². The standard InChI is InChI=1S/C48H87NO51S7/c1-63-14-20-26(32(67-5)37(70-8)43(74-12)78-20)85-45-40(73-11)34(69-7)28(22(80-45)16-65-3)86-46-39(72-10)33(68-6)27(21(79-46)15-64-2)84-44-38(71-9)31(66-4)25(19(13-49)77-44)83-48-42(92-107(60,61)62)35(89-102-98-94-51)29(23(81-48)17-75-105(54,55)56)87-47-41(91-104-100-96-53)36(90-103-99-95-52)30(88-101-97-93-50)24(82-47)18-76-106(57,58)59/h19-48,50-53H,13-18,49H2,1-12H3,(H,54,55,56)(H,57,58,59)(H,60,61,62)/p-7/t19?,20-,21?,22-,23?,24?,25+,26+,27+,28+,29+,30+,31+,32?,33-,34?,35?,36?,37?,38?,39?,40?,41?,42?,43+,44-,45+,46-,47+,48-/m0/s1. The van der Waals surface area contributed by atoms with Gasteiger partial charge in [0.2, 0.25) is 31.2 Å². The van der Waals surface area contributed by atoms with E-state index >= 15 is 0 Å². The quantitative estimate of drug-likeness (QED) is 0.0148. The van der Waals surface area contributed by atoms with Crippen molar-refractivity contribution in [3.05, 3.63) is 0 Å². The van der Waals surface area contributed by atoms with Crippen LogP contribution in [0.15, 0.2) is 0 Å². The van der Waals surface area contributed by atoms with Crippen LogP contribution in [-0.2, 0) is 207 Å². The maximum atomic E-state index is 12.9. The Morgan fingerprint density at radius 2 is 0.542 bits per heavy atom. The van der Waals surface area contributed by atoms with Crippen molar-refractivity contribution in [2.75, 3.05) is 125 Å². The van der Waals surface area contributed by atoms with Gasteiger partial charge in [0.25, 0.3) is 0 Å². The molecule has 52 nitrogen and oxygen atoms in total. The molecule has 0 saturated carbocycles. The van der Waals surface area contributed by atoms with Crippen LogP contribution in [0.25, 0.3) is 0 Å². The second-order valence-corrected chi connectivity index (χ2v) is 27.1. The third kappa shape index (κ3) is 26.7. The highest BCUT2D eigenvalue weighted by molar-refractivity contribution is 7.90. The predicted octanol–water partition coefficient (Wildman–Crippen LogP) is -8.59. The molecule has 14 unspecified atom stereocenters. The van der Waals surface area contributed by atoms with Crippen molar-refractivity contribution >= 4 is 80.5 Å². The summed E-state index contributed by atoms with van der Waals surface area (Å²) in [6.07, 6.45) is -48.8. The normalized spacial score (nSPS) is 38.4. The van der Waals surface area contributed by atoms with Crippen molar-refractivity contribution < 1.29 is 236 Å². The first kappa shape index (κ1) is 95.3. The van der Waals surface area contributed by atoms with Gasteiger partial charge in [-0.2, -0.15) is 0 Å². The van der Waals surface area contributed by atoms with Crippen molar-refractivity contribution in [3.8, 4) is 0 Å². The van der Waals surface area contributed by atoms with Gasteiger partial charge in [-0.05, 0) is 0 Å². The SMILES string of the molecule is COCC1O[C@@H](O[C@H]2C(OC)C(OC)[C@@H](O[C@H]3C(OC)C(OC)[C@H](OC)O[C@H]3COC)O[C@H]2COC)C(OC)[C@@H](OC)[C@@H]1O[C@@H]1OC(CN)[C@@H](O[C@@H]2OC(COS(=O)(=O)[O-])[C@@H](O[C@H]3OC(COS(=O)(=O)[O-])[C@@H](OSOO[O-])C(OSOO[O-])C3OSOO[O-])C(OSOO[O-])C2OS(=O)(=O)[O-])[C@@H](OC)C1OC. The minimum atomic E-state index is -6.17. The van der Waals surface area contributed by atoms with Gasteiger partial charge in [-0.3, -0.25) is 49.4 Å². The number of ether oxygens (including phenoxy) is 23.